The summed E-state index contributed by atoms with van der Waals surface area (Å²) in [5.41, 5.74) is 0.542. The van der Waals surface area contributed by atoms with Crippen LogP contribution in [0.15, 0.2) is 54.6 Å². The van der Waals surface area contributed by atoms with Crippen LogP contribution >= 0.6 is 0 Å². The molecule has 1 saturated heterocycles. The first-order chi connectivity index (χ1) is 14.5. The second-order valence-electron chi connectivity index (χ2n) is 7.74. The predicted molar refractivity (Wildman–Crippen MR) is 113 cm³/mol. The van der Waals surface area contributed by atoms with Crippen molar-refractivity contribution >= 4 is 16.7 Å². The summed E-state index contributed by atoms with van der Waals surface area (Å²) in [4.78, 5) is 7.25. The van der Waals surface area contributed by atoms with Gasteiger partial charge in [-0.2, -0.15) is 13.2 Å². The van der Waals surface area contributed by atoms with Gasteiger partial charge in [0.1, 0.15) is 23.7 Å². The van der Waals surface area contributed by atoms with Crippen molar-refractivity contribution in [1.29, 1.82) is 0 Å². The van der Waals surface area contributed by atoms with Gasteiger partial charge in [0.2, 0.25) is 0 Å². The maximum atomic E-state index is 13.0. The number of nitrogens with zero attached hydrogens (tertiary/aromatic N) is 2. The van der Waals surface area contributed by atoms with E-state index in [0.29, 0.717) is 17.4 Å². The summed E-state index contributed by atoms with van der Waals surface area (Å²) in [5.74, 6) is 1.51. The molecule has 1 aromatic heterocycles. The van der Waals surface area contributed by atoms with Gasteiger partial charge in [-0.25, -0.2) is 4.98 Å². The lowest BCUT2D eigenvalue weighted by atomic mass is 10.00. The van der Waals surface area contributed by atoms with Crippen LogP contribution in [0.4, 0.5) is 19.0 Å². The number of aromatic nitrogens is 1. The van der Waals surface area contributed by atoms with Crippen molar-refractivity contribution in [3.63, 3.8) is 0 Å². The van der Waals surface area contributed by atoms with E-state index in [1.807, 2.05) is 30.3 Å². The largest absolute Gasteiger partial charge is 0.487 e. The number of fused-ring (bicyclic) bond motifs is 1. The van der Waals surface area contributed by atoms with Crippen LogP contribution in [0.5, 0.6) is 5.75 Å². The number of hydrogen-bond acceptors (Lipinski definition) is 3. The number of anilines is 1. The molecule has 3 nitrogen and oxygen atoms in total. The highest BCUT2D eigenvalue weighted by Gasteiger charge is 2.30. The molecule has 2 heterocycles. The average molecular weight is 414 g/mol. The summed E-state index contributed by atoms with van der Waals surface area (Å²) >= 11 is 0. The molecule has 2 aromatic carbocycles. The number of hydrogen-bond donors (Lipinski definition) is 0. The van der Waals surface area contributed by atoms with Crippen LogP contribution < -0.4 is 9.64 Å². The van der Waals surface area contributed by atoms with Gasteiger partial charge >= 0.3 is 6.18 Å². The third kappa shape index (κ3) is 4.37. The van der Waals surface area contributed by atoms with Gasteiger partial charge in [-0.15, -0.1) is 0 Å². The molecule has 0 N–H and O–H groups in total. The van der Waals surface area contributed by atoms with E-state index in [-0.39, 0.29) is 6.61 Å². The zero-order chi connectivity index (χ0) is 21.1. The molecule has 30 heavy (non-hydrogen) atoms. The van der Waals surface area contributed by atoms with Gasteiger partial charge in [0, 0.05) is 18.0 Å². The minimum Gasteiger partial charge on any atom is -0.487 e. The molecule has 0 spiro atoms. The Bertz CT molecular complexity index is 1020. The number of halogens is 3. The highest BCUT2D eigenvalue weighted by atomic mass is 19.4. The van der Waals surface area contributed by atoms with Gasteiger partial charge in [0.25, 0.3) is 0 Å². The predicted octanol–water partition coefficient (Wildman–Crippen LogP) is 6.60. The third-order valence-electron chi connectivity index (χ3n) is 5.71. The summed E-state index contributed by atoms with van der Waals surface area (Å²) in [6, 6.07) is 15.5. The van der Waals surface area contributed by atoms with Gasteiger partial charge < -0.3 is 9.64 Å². The zero-order valence-electron chi connectivity index (χ0n) is 17.0. The van der Waals surface area contributed by atoms with Gasteiger partial charge in [0.05, 0.1) is 5.56 Å². The minimum absolute atomic E-state index is 0.0518. The first-order valence-electron chi connectivity index (χ1n) is 10.4. The second kappa shape index (κ2) is 8.54. The molecule has 1 atom stereocenters. The van der Waals surface area contributed by atoms with Gasteiger partial charge in [-0.3, -0.25) is 0 Å². The highest BCUT2D eigenvalue weighted by molar-refractivity contribution is 5.86. The fraction of sp³-hybridized carbons (Fsp3) is 0.375. The number of piperidine rings is 1. The quantitative estimate of drug-likeness (QED) is 0.470. The topological polar surface area (TPSA) is 25.4 Å². The molecule has 0 aliphatic carbocycles. The highest BCUT2D eigenvalue weighted by Crippen LogP contribution is 2.32. The summed E-state index contributed by atoms with van der Waals surface area (Å²) in [6.07, 6.45) is 0.283. The Labute approximate surface area is 174 Å². The smallest absolute Gasteiger partial charge is 0.416 e. The van der Waals surface area contributed by atoms with E-state index >= 15 is 0 Å². The van der Waals surface area contributed by atoms with Crippen LogP contribution in [-0.2, 0) is 12.8 Å². The standard InChI is InChI=1S/C24H25F3N2O/c1-2-20-10-3-4-14-29(20)22-13-12-18-8-6-11-21(23(18)28-22)30-16-17-7-5-9-19(15-17)24(25,26)27/h5-9,11-13,15,20H,2-4,10,14,16H2,1H3. The van der Waals surface area contributed by atoms with Crippen LogP contribution in [0.3, 0.4) is 0 Å². The molecule has 6 heteroatoms. The van der Waals surface area contributed by atoms with Crippen molar-refractivity contribution in [2.75, 3.05) is 11.4 Å². The number of rotatable bonds is 5. The molecule has 3 aromatic rings. The Morgan fingerprint density at radius 2 is 1.90 bits per heavy atom. The van der Waals surface area contributed by atoms with E-state index in [1.54, 1.807) is 6.07 Å². The molecule has 1 aliphatic rings. The summed E-state index contributed by atoms with van der Waals surface area (Å²) < 4.78 is 44.8. The molecule has 1 aliphatic heterocycles. The van der Waals surface area contributed by atoms with Gasteiger partial charge in [-0.1, -0.05) is 31.2 Å². The third-order valence-corrected chi connectivity index (χ3v) is 5.71. The number of alkyl halides is 3. The number of para-hydroxylation sites is 1. The second-order valence-corrected chi connectivity index (χ2v) is 7.74. The lowest BCUT2D eigenvalue weighted by Crippen LogP contribution is -2.39. The molecule has 158 valence electrons. The molecule has 0 saturated carbocycles. The normalized spacial score (nSPS) is 17.3. The number of pyridine rings is 1. The van der Waals surface area contributed by atoms with Crippen LogP contribution in [0.2, 0.25) is 0 Å². The van der Waals surface area contributed by atoms with Crippen LogP contribution in [0.1, 0.15) is 43.7 Å². The fourth-order valence-electron chi connectivity index (χ4n) is 4.11. The zero-order valence-corrected chi connectivity index (χ0v) is 17.0. The van der Waals surface area contributed by atoms with Crippen molar-refractivity contribution < 1.29 is 17.9 Å². The summed E-state index contributed by atoms with van der Waals surface area (Å²) in [5, 5.41) is 0.949. The van der Waals surface area contributed by atoms with Crippen molar-refractivity contribution in [3.05, 3.63) is 65.7 Å². The Kier molecular flexibility index (Phi) is 5.84. The number of ether oxygens (including phenoxy) is 1. The Hall–Kier alpha value is -2.76. The van der Waals surface area contributed by atoms with Crippen LogP contribution in [0, 0.1) is 0 Å². The monoisotopic (exact) mass is 414 g/mol. The van der Waals surface area contributed by atoms with E-state index in [9.17, 15) is 13.2 Å². The van der Waals surface area contributed by atoms with Crippen LogP contribution in [0.25, 0.3) is 10.9 Å². The lowest BCUT2D eigenvalue weighted by molar-refractivity contribution is -0.137. The molecule has 0 radical (unpaired) electrons. The van der Waals surface area contributed by atoms with E-state index in [0.717, 1.165) is 48.2 Å². The Morgan fingerprint density at radius 3 is 2.70 bits per heavy atom. The summed E-state index contributed by atoms with van der Waals surface area (Å²) in [6.45, 7) is 3.24. The average Bonchev–Trinajstić information content (AvgIpc) is 2.77. The SMILES string of the molecule is CCC1CCCCN1c1ccc2cccc(OCc3cccc(C(F)(F)F)c3)c2n1. The maximum Gasteiger partial charge on any atom is 0.416 e. The lowest BCUT2D eigenvalue weighted by Gasteiger charge is -2.36. The first-order valence-corrected chi connectivity index (χ1v) is 10.4. The van der Waals surface area contributed by atoms with Crippen LogP contribution in [-0.4, -0.2) is 17.6 Å². The van der Waals surface area contributed by atoms with E-state index < -0.39 is 11.7 Å². The Morgan fingerprint density at radius 1 is 1.07 bits per heavy atom. The Balaban J connectivity index is 1.60. The molecule has 0 bridgehead atoms. The molecular weight excluding hydrogens is 389 g/mol. The first kappa shape index (κ1) is 20.5. The number of benzene rings is 2. The van der Waals surface area contributed by atoms with Crippen molar-refractivity contribution in [2.45, 2.75) is 51.4 Å². The van der Waals surface area contributed by atoms with Crippen molar-refractivity contribution in [3.8, 4) is 5.75 Å². The van der Waals surface area contributed by atoms with E-state index in [1.165, 1.54) is 18.9 Å². The minimum atomic E-state index is -4.36. The van der Waals surface area contributed by atoms with E-state index in [4.69, 9.17) is 9.72 Å². The van der Waals surface area contributed by atoms with Gasteiger partial charge in [0.15, 0.2) is 0 Å². The van der Waals surface area contributed by atoms with E-state index in [2.05, 4.69) is 11.8 Å². The van der Waals surface area contributed by atoms with Gasteiger partial charge in [-0.05, 0) is 61.6 Å². The molecule has 0 amide bonds. The van der Waals surface area contributed by atoms with Crippen molar-refractivity contribution in [2.24, 2.45) is 0 Å². The molecule has 1 unspecified atom stereocenters. The molecule has 4 rings (SSSR count). The summed E-state index contributed by atoms with van der Waals surface area (Å²) in [7, 11) is 0. The fourth-order valence-corrected chi connectivity index (χ4v) is 4.11. The van der Waals surface area contributed by atoms with Crippen molar-refractivity contribution in [1.82, 2.24) is 4.98 Å². The molecule has 1 fully saturated rings. The molecular formula is C24H25F3N2O. The maximum absolute atomic E-state index is 13.0.